The summed E-state index contributed by atoms with van der Waals surface area (Å²) < 4.78 is 7.77. The van der Waals surface area contributed by atoms with Crippen molar-refractivity contribution >= 4 is 22.1 Å². The van der Waals surface area contributed by atoms with E-state index in [1.54, 1.807) is 11.3 Å². The zero-order valence-corrected chi connectivity index (χ0v) is 18.9. The van der Waals surface area contributed by atoms with Gasteiger partial charge in [-0.25, -0.2) is 14.5 Å². The number of rotatable bonds is 7. The highest BCUT2D eigenvalue weighted by atomic mass is 32.1. The number of thiazole rings is 1. The average molecular weight is 414 g/mol. The monoisotopic (exact) mass is 413 g/mol. The number of fused-ring (bicyclic) bond motifs is 1. The van der Waals surface area contributed by atoms with E-state index >= 15 is 0 Å². The average Bonchev–Trinajstić information content (AvgIpc) is 3.40. The van der Waals surface area contributed by atoms with Crippen LogP contribution in [-0.4, -0.2) is 38.8 Å². The predicted octanol–water partition coefficient (Wildman–Crippen LogP) is 5.27. The summed E-state index contributed by atoms with van der Waals surface area (Å²) in [7, 11) is 0. The first kappa shape index (κ1) is 20.3. The second-order valence-corrected chi connectivity index (χ2v) is 8.98. The van der Waals surface area contributed by atoms with Gasteiger partial charge in [0.25, 0.3) is 0 Å². The topological polar surface area (TPSA) is 64.3 Å². The van der Waals surface area contributed by atoms with Crippen LogP contribution < -0.4 is 5.32 Å². The third-order valence-corrected chi connectivity index (χ3v) is 6.97. The van der Waals surface area contributed by atoms with Crippen molar-refractivity contribution in [3.05, 3.63) is 28.7 Å². The lowest BCUT2D eigenvalue weighted by molar-refractivity contribution is 0.120. The smallest absolute Gasteiger partial charge is 0.183 e. The summed E-state index contributed by atoms with van der Waals surface area (Å²) in [6.07, 6.45) is 4.78. The first-order chi connectivity index (χ1) is 14.0. The van der Waals surface area contributed by atoms with E-state index in [9.17, 15) is 0 Å². The molecule has 4 rings (SSSR count). The van der Waals surface area contributed by atoms with Gasteiger partial charge in [0.05, 0.1) is 28.1 Å². The Balaban J connectivity index is 1.73. The Labute approximate surface area is 176 Å². The van der Waals surface area contributed by atoms with Crippen LogP contribution in [0.25, 0.3) is 16.2 Å². The Morgan fingerprint density at radius 3 is 2.69 bits per heavy atom. The van der Waals surface area contributed by atoms with Gasteiger partial charge >= 0.3 is 0 Å². The number of aryl methyl sites for hydroxylation is 3. The number of hydrogen-bond donors (Lipinski definition) is 1. The molecule has 0 bridgehead atoms. The molecule has 1 unspecified atom stereocenters. The summed E-state index contributed by atoms with van der Waals surface area (Å²) in [5.41, 5.74) is 6.40. The molecule has 0 aromatic carbocycles. The lowest BCUT2D eigenvalue weighted by Gasteiger charge is -2.14. The van der Waals surface area contributed by atoms with E-state index in [1.807, 2.05) is 4.52 Å². The van der Waals surface area contributed by atoms with Crippen molar-refractivity contribution in [3.63, 3.8) is 0 Å². The van der Waals surface area contributed by atoms with E-state index in [-0.39, 0.29) is 0 Å². The van der Waals surface area contributed by atoms with Crippen LogP contribution in [0.2, 0.25) is 0 Å². The van der Waals surface area contributed by atoms with Crippen LogP contribution in [0, 0.1) is 20.8 Å². The highest BCUT2D eigenvalue weighted by Crippen LogP contribution is 2.37. The summed E-state index contributed by atoms with van der Waals surface area (Å²) in [6.45, 7) is 12.4. The number of imidazole rings is 1. The van der Waals surface area contributed by atoms with Gasteiger partial charge in [-0.2, -0.15) is 5.10 Å². The molecule has 0 saturated carbocycles. The van der Waals surface area contributed by atoms with E-state index < -0.39 is 0 Å². The molecular formula is C22H31N5OS. The van der Waals surface area contributed by atoms with Crippen LogP contribution in [-0.2, 0) is 4.74 Å². The molecule has 7 heteroatoms. The Hall–Kier alpha value is -1.99. The summed E-state index contributed by atoms with van der Waals surface area (Å²) >= 11 is 1.68. The SMILES string of the molecule is CCC(CC)c1cc(C)nn2c(-c3sc(NCC4CCCO4)nc3C)c(C)nc12. The standard InChI is InChI=1S/C22H31N5OS/c1-6-16(7-2)18-11-13(3)26-27-19(14(4)24-21(18)27)20-15(5)25-22(29-20)23-12-17-9-8-10-28-17/h11,16-17H,6-10,12H2,1-5H3,(H,23,25). The van der Waals surface area contributed by atoms with Crippen LogP contribution in [0.3, 0.4) is 0 Å². The minimum atomic E-state index is 0.298. The van der Waals surface area contributed by atoms with Crippen molar-refractivity contribution in [2.75, 3.05) is 18.5 Å². The quantitative estimate of drug-likeness (QED) is 0.571. The lowest BCUT2D eigenvalue weighted by atomic mass is 9.95. The van der Waals surface area contributed by atoms with Gasteiger partial charge in [0.1, 0.15) is 5.69 Å². The summed E-state index contributed by atoms with van der Waals surface area (Å²) in [5, 5.41) is 9.25. The van der Waals surface area contributed by atoms with E-state index in [4.69, 9.17) is 19.8 Å². The molecule has 0 spiro atoms. The molecule has 3 aromatic rings. The molecule has 29 heavy (non-hydrogen) atoms. The normalized spacial score (nSPS) is 17.0. The van der Waals surface area contributed by atoms with E-state index in [1.165, 1.54) is 5.56 Å². The summed E-state index contributed by atoms with van der Waals surface area (Å²) in [5.74, 6) is 0.500. The summed E-state index contributed by atoms with van der Waals surface area (Å²) in [6, 6.07) is 2.21. The van der Waals surface area contributed by atoms with Crippen molar-refractivity contribution in [1.29, 1.82) is 0 Å². The van der Waals surface area contributed by atoms with Crippen LogP contribution in [0.4, 0.5) is 5.13 Å². The fourth-order valence-electron chi connectivity index (χ4n) is 4.27. The zero-order valence-electron chi connectivity index (χ0n) is 18.1. The molecule has 3 aromatic heterocycles. The molecule has 0 amide bonds. The highest BCUT2D eigenvalue weighted by molar-refractivity contribution is 7.19. The first-order valence-electron chi connectivity index (χ1n) is 10.7. The van der Waals surface area contributed by atoms with E-state index in [2.05, 4.69) is 46.0 Å². The molecule has 156 valence electrons. The van der Waals surface area contributed by atoms with Gasteiger partial charge in [-0.1, -0.05) is 25.2 Å². The molecule has 1 aliphatic rings. The molecule has 1 fully saturated rings. The Morgan fingerprint density at radius 1 is 1.21 bits per heavy atom. The van der Waals surface area contributed by atoms with E-state index in [0.717, 1.165) is 77.3 Å². The maximum Gasteiger partial charge on any atom is 0.183 e. The van der Waals surface area contributed by atoms with Crippen molar-refractivity contribution in [2.24, 2.45) is 0 Å². The molecule has 4 heterocycles. The fraction of sp³-hybridized carbons (Fsp3) is 0.591. The van der Waals surface area contributed by atoms with Gasteiger partial charge in [0.15, 0.2) is 10.8 Å². The minimum absolute atomic E-state index is 0.298. The number of nitrogens with zero attached hydrogens (tertiary/aromatic N) is 4. The maximum absolute atomic E-state index is 5.72. The molecular weight excluding hydrogens is 382 g/mol. The summed E-state index contributed by atoms with van der Waals surface area (Å²) in [4.78, 5) is 10.9. The molecule has 1 saturated heterocycles. The minimum Gasteiger partial charge on any atom is -0.376 e. The van der Waals surface area contributed by atoms with Gasteiger partial charge < -0.3 is 10.1 Å². The first-order valence-corrected chi connectivity index (χ1v) is 11.5. The van der Waals surface area contributed by atoms with Crippen LogP contribution in [0.1, 0.15) is 68.1 Å². The molecule has 6 nitrogen and oxygen atoms in total. The Kier molecular flexibility index (Phi) is 5.88. The van der Waals surface area contributed by atoms with E-state index in [0.29, 0.717) is 12.0 Å². The number of ether oxygens (including phenoxy) is 1. The Bertz CT molecular complexity index is 998. The van der Waals surface area contributed by atoms with Gasteiger partial charge in [-0.15, -0.1) is 0 Å². The van der Waals surface area contributed by atoms with Gasteiger partial charge in [0, 0.05) is 18.7 Å². The fourth-order valence-corrected chi connectivity index (χ4v) is 5.32. The lowest BCUT2D eigenvalue weighted by Crippen LogP contribution is -2.18. The zero-order chi connectivity index (χ0) is 20.5. The van der Waals surface area contributed by atoms with Crippen molar-refractivity contribution in [2.45, 2.75) is 72.3 Å². The molecule has 1 aliphatic heterocycles. The van der Waals surface area contributed by atoms with Gasteiger partial charge in [0.2, 0.25) is 0 Å². The largest absolute Gasteiger partial charge is 0.376 e. The third kappa shape index (κ3) is 3.90. The number of hydrogen-bond acceptors (Lipinski definition) is 6. The van der Waals surface area contributed by atoms with Gasteiger partial charge in [-0.3, -0.25) is 0 Å². The van der Waals surface area contributed by atoms with Crippen LogP contribution in [0.5, 0.6) is 0 Å². The number of anilines is 1. The third-order valence-electron chi connectivity index (χ3n) is 5.85. The molecule has 1 atom stereocenters. The maximum atomic E-state index is 5.72. The Morgan fingerprint density at radius 2 is 2.00 bits per heavy atom. The molecule has 0 aliphatic carbocycles. The van der Waals surface area contributed by atoms with Crippen molar-refractivity contribution in [3.8, 4) is 10.6 Å². The van der Waals surface area contributed by atoms with Crippen LogP contribution in [0.15, 0.2) is 6.07 Å². The second-order valence-electron chi connectivity index (χ2n) is 7.99. The number of nitrogens with one attached hydrogen (secondary N) is 1. The number of aromatic nitrogens is 4. The van der Waals surface area contributed by atoms with Crippen molar-refractivity contribution < 1.29 is 4.74 Å². The molecule has 1 N–H and O–H groups in total. The predicted molar refractivity (Wildman–Crippen MR) is 119 cm³/mol. The van der Waals surface area contributed by atoms with Crippen molar-refractivity contribution in [1.82, 2.24) is 19.6 Å². The second kappa shape index (κ2) is 8.40. The highest BCUT2D eigenvalue weighted by Gasteiger charge is 2.23. The van der Waals surface area contributed by atoms with Gasteiger partial charge in [-0.05, 0) is 58.4 Å². The van der Waals surface area contributed by atoms with Crippen LogP contribution >= 0.6 is 11.3 Å². The molecule has 0 radical (unpaired) electrons.